The fraction of sp³-hybridized carbons (Fsp3) is 0.667. The van der Waals surface area contributed by atoms with Crippen LogP contribution in [0.1, 0.15) is 12.8 Å². The Morgan fingerprint density at radius 3 is 2.44 bits per heavy atom. The SMILES string of the molecule is CN(C)C=NC(=S)NCCCCNC(=O)O. The van der Waals surface area contributed by atoms with Gasteiger partial charge in [0.05, 0.1) is 6.34 Å². The molecule has 16 heavy (non-hydrogen) atoms. The molecule has 0 saturated carbocycles. The maximum Gasteiger partial charge on any atom is 0.404 e. The molecule has 0 spiro atoms. The van der Waals surface area contributed by atoms with E-state index >= 15 is 0 Å². The number of hydrogen-bond acceptors (Lipinski definition) is 2. The Morgan fingerprint density at radius 2 is 1.94 bits per heavy atom. The van der Waals surface area contributed by atoms with Crippen LogP contribution in [0.2, 0.25) is 0 Å². The predicted octanol–water partition coefficient (Wildman–Crippen LogP) is 0.499. The summed E-state index contributed by atoms with van der Waals surface area (Å²) >= 11 is 4.95. The maximum atomic E-state index is 10.1. The molecule has 1 amide bonds. The molecule has 0 fully saturated rings. The first kappa shape index (κ1) is 14.6. The van der Waals surface area contributed by atoms with Gasteiger partial charge in [-0.1, -0.05) is 0 Å². The lowest BCUT2D eigenvalue weighted by Crippen LogP contribution is -2.25. The number of amides is 1. The molecule has 6 nitrogen and oxygen atoms in total. The van der Waals surface area contributed by atoms with Gasteiger partial charge in [-0.05, 0) is 25.1 Å². The zero-order chi connectivity index (χ0) is 12.4. The molecule has 0 atom stereocenters. The summed E-state index contributed by atoms with van der Waals surface area (Å²) in [7, 11) is 3.73. The van der Waals surface area contributed by atoms with E-state index in [0.717, 1.165) is 12.8 Å². The van der Waals surface area contributed by atoms with Crippen LogP contribution in [0.5, 0.6) is 0 Å². The molecule has 0 unspecified atom stereocenters. The van der Waals surface area contributed by atoms with Gasteiger partial charge in [0.15, 0.2) is 5.11 Å². The van der Waals surface area contributed by atoms with Crippen LogP contribution in [0.25, 0.3) is 0 Å². The average molecular weight is 246 g/mol. The molecule has 3 N–H and O–H groups in total. The number of rotatable bonds is 6. The van der Waals surface area contributed by atoms with Crippen molar-refractivity contribution in [1.82, 2.24) is 15.5 Å². The highest BCUT2D eigenvalue weighted by molar-refractivity contribution is 7.80. The standard InChI is InChI=1S/C9H18N4O2S/c1-13(2)7-12-8(16)10-5-3-4-6-11-9(14)15/h7,11H,3-6H2,1-2H3,(H,10,16)(H,14,15). The molecule has 0 saturated heterocycles. The zero-order valence-corrected chi connectivity index (χ0v) is 10.4. The van der Waals surface area contributed by atoms with Gasteiger partial charge in [0.25, 0.3) is 0 Å². The predicted molar refractivity (Wildman–Crippen MR) is 68.0 cm³/mol. The second kappa shape index (κ2) is 8.90. The molecule has 0 aliphatic carbocycles. The van der Waals surface area contributed by atoms with Crippen LogP contribution in [-0.2, 0) is 0 Å². The van der Waals surface area contributed by atoms with Crippen LogP contribution in [0, 0.1) is 0 Å². The van der Waals surface area contributed by atoms with Gasteiger partial charge in [-0.3, -0.25) is 0 Å². The fourth-order valence-corrected chi connectivity index (χ4v) is 1.00. The van der Waals surface area contributed by atoms with Gasteiger partial charge in [0.2, 0.25) is 0 Å². The molecule has 0 bridgehead atoms. The van der Waals surface area contributed by atoms with E-state index in [9.17, 15) is 4.79 Å². The molecule has 0 aromatic carbocycles. The minimum atomic E-state index is -0.987. The van der Waals surface area contributed by atoms with E-state index in [1.807, 2.05) is 14.1 Å². The quantitative estimate of drug-likeness (QED) is 0.275. The molecule has 0 heterocycles. The van der Waals surface area contributed by atoms with E-state index in [-0.39, 0.29) is 0 Å². The molecule has 0 aliphatic heterocycles. The van der Waals surface area contributed by atoms with E-state index in [1.54, 1.807) is 11.2 Å². The molecule has 92 valence electrons. The van der Waals surface area contributed by atoms with Crippen molar-refractivity contribution >= 4 is 29.8 Å². The second-order valence-corrected chi connectivity index (χ2v) is 3.77. The lowest BCUT2D eigenvalue weighted by molar-refractivity contribution is 0.194. The Balaban J connectivity index is 3.38. The van der Waals surface area contributed by atoms with Crippen molar-refractivity contribution in [2.24, 2.45) is 4.99 Å². The number of aliphatic imine (C=N–C) groups is 1. The van der Waals surface area contributed by atoms with Gasteiger partial charge in [0.1, 0.15) is 0 Å². The Morgan fingerprint density at radius 1 is 1.38 bits per heavy atom. The van der Waals surface area contributed by atoms with Crippen LogP contribution >= 0.6 is 12.2 Å². The van der Waals surface area contributed by atoms with Gasteiger partial charge in [-0.2, -0.15) is 0 Å². The van der Waals surface area contributed by atoms with Gasteiger partial charge < -0.3 is 20.6 Å². The number of nitrogens with one attached hydrogen (secondary N) is 2. The Kier molecular flexibility index (Phi) is 8.14. The summed E-state index contributed by atoms with van der Waals surface area (Å²) in [6.07, 6.45) is 2.26. The van der Waals surface area contributed by atoms with Crippen molar-refractivity contribution < 1.29 is 9.90 Å². The summed E-state index contributed by atoms with van der Waals surface area (Å²) in [6.45, 7) is 1.16. The minimum Gasteiger partial charge on any atom is -0.465 e. The Labute approximate surface area is 101 Å². The normalized spacial score (nSPS) is 10.1. The first-order valence-corrected chi connectivity index (χ1v) is 5.38. The fourth-order valence-electron chi connectivity index (χ4n) is 0.854. The summed E-state index contributed by atoms with van der Waals surface area (Å²) in [4.78, 5) is 15.9. The third-order valence-electron chi connectivity index (χ3n) is 1.56. The van der Waals surface area contributed by atoms with E-state index in [0.29, 0.717) is 18.2 Å². The van der Waals surface area contributed by atoms with Crippen molar-refractivity contribution in [3.63, 3.8) is 0 Å². The van der Waals surface area contributed by atoms with Crippen molar-refractivity contribution in [1.29, 1.82) is 0 Å². The van der Waals surface area contributed by atoms with Crippen LogP contribution in [0.15, 0.2) is 4.99 Å². The topological polar surface area (TPSA) is 77.0 Å². The Bertz CT molecular complexity index is 256. The van der Waals surface area contributed by atoms with Crippen molar-refractivity contribution in [3.8, 4) is 0 Å². The third-order valence-corrected chi connectivity index (χ3v) is 1.81. The van der Waals surface area contributed by atoms with E-state index in [2.05, 4.69) is 15.6 Å². The van der Waals surface area contributed by atoms with E-state index in [1.165, 1.54) is 0 Å². The summed E-state index contributed by atoms with van der Waals surface area (Å²) in [5.41, 5.74) is 0. The van der Waals surface area contributed by atoms with Crippen molar-refractivity contribution in [2.75, 3.05) is 27.2 Å². The summed E-state index contributed by atoms with van der Waals surface area (Å²) in [5.74, 6) is 0. The van der Waals surface area contributed by atoms with Crippen molar-refractivity contribution in [2.45, 2.75) is 12.8 Å². The van der Waals surface area contributed by atoms with Gasteiger partial charge >= 0.3 is 6.09 Å². The van der Waals surface area contributed by atoms with E-state index < -0.39 is 6.09 Å². The number of nitrogens with zero attached hydrogens (tertiary/aromatic N) is 2. The zero-order valence-electron chi connectivity index (χ0n) is 9.56. The number of carboxylic acid groups (broad SMARTS) is 1. The molecule has 0 rings (SSSR count). The molecular formula is C9H18N4O2S. The lowest BCUT2D eigenvalue weighted by atomic mass is 10.3. The van der Waals surface area contributed by atoms with Crippen LogP contribution < -0.4 is 10.6 Å². The van der Waals surface area contributed by atoms with Gasteiger partial charge in [-0.15, -0.1) is 0 Å². The lowest BCUT2D eigenvalue weighted by Gasteiger charge is -2.05. The molecular weight excluding hydrogens is 228 g/mol. The number of carbonyl (C=O) groups is 1. The van der Waals surface area contributed by atoms with Crippen LogP contribution in [0.4, 0.5) is 4.79 Å². The smallest absolute Gasteiger partial charge is 0.404 e. The number of hydrogen-bond donors (Lipinski definition) is 3. The number of thiocarbonyl (C=S) groups is 1. The maximum absolute atomic E-state index is 10.1. The minimum absolute atomic E-state index is 0.444. The highest BCUT2D eigenvalue weighted by Crippen LogP contribution is 1.85. The first-order chi connectivity index (χ1) is 7.52. The Hall–Kier alpha value is -1.37. The molecule has 0 radical (unpaired) electrons. The van der Waals surface area contributed by atoms with Crippen LogP contribution in [-0.4, -0.2) is 54.7 Å². The monoisotopic (exact) mass is 246 g/mol. The average Bonchev–Trinajstić information content (AvgIpc) is 2.19. The van der Waals surface area contributed by atoms with Gasteiger partial charge in [-0.25, -0.2) is 9.79 Å². The highest BCUT2D eigenvalue weighted by Gasteiger charge is 1.94. The highest BCUT2D eigenvalue weighted by atomic mass is 32.1. The first-order valence-electron chi connectivity index (χ1n) is 4.97. The third kappa shape index (κ3) is 10.7. The summed E-state index contributed by atoms with van der Waals surface area (Å²) in [6, 6.07) is 0. The second-order valence-electron chi connectivity index (χ2n) is 3.38. The van der Waals surface area contributed by atoms with E-state index in [4.69, 9.17) is 17.3 Å². The molecule has 0 aliphatic rings. The summed E-state index contributed by atoms with van der Waals surface area (Å²) < 4.78 is 0. The molecule has 0 aromatic heterocycles. The number of unbranched alkanes of at least 4 members (excludes halogenated alkanes) is 1. The van der Waals surface area contributed by atoms with Crippen LogP contribution in [0.3, 0.4) is 0 Å². The largest absolute Gasteiger partial charge is 0.465 e. The summed E-state index contributed by atoms with van der Waals surface area (Å²) in [5, 5.41) is 14.0. The van der Waals surface area contributed by atoms with Crippen molar-refractivity contribution in [3.05, 3.63) is 0 Å². The molecule has 7 heteroatoms. The van der Waals surface area contributed by atoms with Gasteiger partial charge in [0, 0.05) is 27.2 Å². The molecule has 0 aromatic rings.